The van der Waals surface area contributed by atoms with Gasteiger partial charge in [0.2, 0.25) is 0 Å². The van der Waals surface area contributed by atoms with E-state index >= 15 is 0 Å². The molecule has 3 fully saturated rings. The van der Waals surface area contributed by atoms with Crippen molar-refractivity contribution in [1.29, 1.82) is 0 Å². The van der Waals surface area contributed by atoms with Crippen molar-refractivity contribution in [2.45, 2.75) is 68.1 Å². The number of hydrogen-bond acceptors (Lipinski definition) is 8. The molecule has 2 N–H and O–H groups in total. The van der Waals surface area contributed by atoms with E-state index in [0.717, 1.165) is 0 Å². The van der Waals surface area contributed by atoms with Crippen LogP contribution >= 0.6 is 0 Å². The maximum absolute atomic E-state index is 12.1. The number of carbonyl (C=O) groups excluding carboxylic acids is 1. The van der Waals surface area contributed by atoms with Crippen LogP contribution < -0.4 is 5.73 Å². The predicted octanol–water partition coefficient (Wildman–Crippen LogP) is 1.43. The molecule has 3 rings (SSSR count). The number of azide groups is 2. The average molecular weight is 396 g/mol. The standard InChI is InChI=1S/C15H24N8O5/c1-23-11-10(25-2)5-9(20-22-18)12(13(11)28-15(23)24)27-14-8(16)4-3-7(26-14)6-19-21-17/h7-14H,3-6,16H2,1-2H3/t7-,8+,9-,10-,11+,12+,13+,14+/m0/s1. The molecule has 1 amide bonds. The first-order valence-corrected chi connectivity index (χ1v) is 9.08. The van der Waals surface area contributed by atoms with Gasteiger partial charge in [0.25, 0.3) is 0 Å². The molecular formula is C15H24N8O5. The van der Waals surface area contributed by atoms with Gasteiger partial charge >= 0.3 is 6.09 Å². The average Bonchev–Trinajstić information content (AvgIpc) is 2.99. The van der Waals surface area contributed by atoms with Gasteiger partial charge in [-0.05, 0) is 30.3 Å². The van der Waals surface area contributed by atoms with Gasteiger partial charge in [0.15, 0.2) is 12.4 Å². The lowest BCUT2D eigenvalue weighted by atomic mass is 9.83. The minimum absolute atomic E-state index is 0.170. The van der Waals surface area contributed by atoms with Gasteiger partial charge in [-0.2, -0.15) is 0 Å². The predicted molar refractivity (Wildman–Crippen MR) is 94.9 cm³/mol. The molecule has 3 aliphatic rings. The van der Waals surface area contributed by atoms with E-state index in [0.29, 0.717) is 19.3 Å². The van der Waals surface area contributed by atoms with E-state index in [2.05, 4.69) is 20.1 Å². The van der Waals surface area contributed by atoms with Gasteiger partial charge in [0, 0.05) is 24.0 Å². The van der Waals surface area contributed by atoms with Gasteiger partial charge in [-0.3, -0.25) is 0 Å². The Morgan fingerprint density at radius 1 is 1.36 bits per heavy atom. The maximum atomic E-state index is 12.1. The third-order valence-corrected chi connectivity index (χ3v) is 5.51. The zero-order valence-electron chi connectivity index (χ0n) is 15.7. The number of rotatable bonds is 6. The monoisotopic (exact) mass is 396 g/mol. The van der Waals surface area contributed by atoms with E-state index in [4.69, 9.17) is 35.7 Å². The minimum atomic E-state index is -0.807. The van der Waals surface area contributed by atoms with Crippen molar-refractivity contribution in [3.8, 4) is 0 Å². The molecule has 0 aromatic rings. The second kappa shape index (κ2) is 8.82. The van der Waals surface area contributed by atoms with E-state index in [1.807, 2.05) is 0 Å². The van der Waals surface area contributed by atoms with E-state index in [9.17, 15) is 4.79 Å². The number of carbonyl (C=O) groups is 1. The number of methoxy groups -OCH3 is 1. The molecule has 2 saturated heterocycles. The number of ether oxygens (including phenoxy) is 4. The Bertz CT molecular complexity index is 681. The Labute approximate surface area is 161 Å². The lowest BCUT2D eigenvalue weighted by Crippen LogP contribution is -2.60. The molecule has 0 radical (unpaired) electrons. The molecule has 0 spiro atoms. The summed E-state index contributed by atoms with van der Waals surface area (Å²) in [5.41, 5.74) is 23.6. The molecular weight excluding hydrogens is 372 g/mol. The zero-order chi connectivity index (χ0) is 20.3. The summed E-state index contributed by atoms with van der Waals surface area (Å²) in [4.78, 5) is 19.2. The van der Waals surface area contributed by atoms with Crippen molar-refractivity contribution in [3.63, 3.8) is 0 Å². The molecule has 2 heterocycles. The van der Waals surface area contributed by atoms with Gasteiger partial charge in [-0.25, -0.2) is 4.79 Å². The zero-order valence-corrected chi connectivity index (χ0v) is 15.7. The van der Waals surface area contributed by atoms with Crippen molar-refractivity contribution in [1.82, 2.24) is 4.90 Å². The second-order valence-corrected chi connectivity index (χ2v) is 7.11. The third kappa shape index (κ3) is 3.95. The maximum Gasteiger partial charge on any atom is 0.410 e. The van der Waals surface area contributed by atoms with Gasteiger partial charge in [0.1, 0.15) is 12.1 Å². The van der Waals surface area contributed by atoms with Crippen molar-refractivity contribution in [2.24, 2.45) is 16.0 Å². The molecule has 0 aromatic carbocycles. The smallest absolute Gasteiger partial charge is 0.410 e. The molecule has 28 heavy (non-hydrogen) atoms. The van der Waals surface area contributed by atoms with Crippen LogP contribution in [-0.2, 0) is 18.9 Å². The number of nitrogens with zero attached hydrogens (tertiary/aromatic N) is 7. The molecule has 13 nitrogen and oxygen atoms in total. The van der Waals surface area contributed by atoms with Crippen LogP contribution in [0, 0.1) is 0 Å². The Kier molecular flexibility index (Phi) is 6.45. The van der Waals surface area contributed by atoms with Crippen LogP contribution in [0.3, 0.4) is 0 Å². The van der Waals surface area contributed by atoms with Crippen LogP contribution in [0.2, 0.25) is 0 Å². The van der Waals surface area contributed by atoms with E-state index < -0.39 is 36.7 Å². The Balaban J connectivity index is 1.81. The van der Waals surface area contributed by atoms with Crippen LogP contribution in [-0.4, -0.2) is 80.5 Å². The summed E-state index contributed by atoms with van der Waals surface area (Å²) in [5.74, 6) is 0. The van der Waals surface area contributed by atoms with Crippen LogP contribution in [0.25, 0.3) is 20.9 Å². The number of likely N-dealkylation sites (N-methyl/N-ethyl adjacent to an activating group) is 1. The van der Waals surface area contributed by atoms with Crippen LogP contribution in [0.1, 0.15) is 19.3 Å². The lowest BCUT2D eigenvalue weighted by Gasteiger charge is -2.44. The normalized spacial score (nSPS) is 40.1. The van der Waals surface area contributed by atoms with E-state index in [1.54, 1.807) is 7.05 Å². The van der Waals surface area contributed by atoms with Crippen LogP contribution in [0.5, 0.6) is 0 Å². The highest BCUT2D eigenvalue weighted by Crippen LogP contribution is 2.37. The summed E-state index contributed by atoms with van der Waals surface area (Å²) in [6, 6.07) is -1.42. The summed E-state index contributed by atoms with van der Waals surface area (Å²) >= 11 is 0. The van der Waals surface area contributed by atoms with Crippen molar-refractivity contribution < 1.29 is 23.7 Å². The molecule has 154 valence electrons. The van der Waals surface area contributed by atoms with Gasteiger partial charge < -0.3 is 29.6 Å². The highest BCUT2D eigenvalue weighted by atomic mass is 16.7. The molecule has 8 atom stereocenters. The van der Waals surface area contributed by atoms with E-state index in [1.165, 1.54) is 12.0 Å². The van der Waals surface area contributed by atoms with Crippen molar-refractivity contribution in [2.75, 3.05) is 20.7 Å². The summed E-state index contributed by atoms with van der Waals surface area (Å²) < 4.78 is 23.0. The fraction of sp³-hybridized carbons (Fsp3) is 0.933. The van der Waals surface area contributed by atoms with Crippen molar-refractivity contribution >= 4 is 6.09 Å². The first-order valence-electron chi connectivity index (χ1n) is 9.08. The van der Waals surface area contributed by atoms with Crippen molar-refractivity contribution in [3.05, 3.63) is 20.9 Å². The lowest BCUT2D eigenvalue weighted by molar-refractivity contribution is -0.245. The van der Waals surface area contributed by atoms with E-state index in [-0.39, 0.29) is 24.8 Å². The fourth-order valence-electron chi connectivity index (χ4n) is 4.07. The van der Waals surface area contributed by atoms with Gasteiger partial charge in [0.05, 0.1) is 30.8 Å². The minimum Gasteiger partial charge on any atom is -0.441 e. The Hall–Kier alpha value is -2.27. The largest absolute Gasteiger partial charge is 0.441 e. The molecule has 1 aliphatic carbocycles. The Morgan fingerprint density at radius 2 is 2.14 bits per heavy atom. The molecule has 0 unspecified atom stereocenters. The van der Waals surface area contributed by atoms with Gasteiger partial charge in [-0.1, -0.05) is 10.2 Å². The number of fused-ring (bicyclic) bond motifs is 1. The third-order valence-electron chi connectivity index (χ3n) is 5.51. The summed E-state index contributed by atoms with van der Waals surface area (Å²) in [5, 5.41) is 7.38. The topological polar surface area (TPSA) is 181 Å². The molecule has 0 bridgehead atoms. The quantitative estimate of drug-likeness (QED) is 0.402. The molecule has 1 saturated carbocycles. The number of amides is 1. The summed E-state index contributed by atoms with van der Waals surface area (Å²) in [7, 11) is 3.16. The van der Waals surface area contributed by atoms with Crippen LogP contribution in [0.4, 0.5) is 4.79 Å². The molecule has 13 heteroatoms. The fourth-order valence-corrected chi connectivity index (χ4v) is 4.07. The Morgan fingerprint density at radius 3 is 2.82 bits per heavy atom. The molecule has 2 aliphatic heterocycles. The number of nitrogens with two attached hydrogens (primary N) is 1. The van der Waals surface area contributed by atoms with Crippen LogP contribution in [0.15, 0.2) is 10.2 Å². The highest BCUT2D eigenvalue weighted by molar-refractivity contribution is 5.70. The first kappa shape index (κ1) is 20.5. The molecule has 0 aromatic heterocycles. The number of hydrogen-bond donors (Lipinski definition) is 1. The summed E-state index contributed by atoms with van der Waals surface area (Å²) in [6.07, 6.45) is -1.81. The SMILES string of the molecule is CO[C@H]1C[C@H](N=[N+]=[N-])[C@@H](O[C@H]2O[C@H](CN=[N+]=[N-])CC[C@H]2N)[C@@H]2OC(=O)N(C)[C@@H]21. The van der Waals surface area contributed by atoms with Gasteiger partial charge in [-0.15, -0.1) is 0 Å². The second-order valence-electron chi connectivity index (χ2n) is 7.11. The summed E-state index contributed by atoms with van der Waals surface area (Å²) in [6.45, 7) is 0.170. The highest BCUT2D eigenvalue weighted by Gasteiger charge is 2.55. The first-order chi connectivity index (χ1) is 13.5.